The average Bonchev–Trinajstić information content (AvgIpc) is 2.36. The van der Waals surface area contributed by atoms with Crippen molar-refractivity contribution in [1.82, 2.24) is 5.32 Å². The van der Waals surface area contributed by atoms with E-state index in [-0.39, 0.29) is 35.9 Å². The molecule has 0 saturated heterocycles. The summed E-state index contributed by atoms with van der Waals surface area (Å²) in [5, 5.41) is 6.33. The second kappa shape index (κ2) is 8.68. The lowest BCUT2D eigenvalue weighted by Crippen LogP contribution is -3.11. The summed E-state index contributed by atoms with van der Waals surface area (Å²) in [5.74, 6) is -0.232. The highest BCUT2D eigenvalue weighted by atomic mass is 35.5. The van der Waals surface area contributed by atoms with Crippen LogP contribution in [0, 0.1) is 5.41 Å². The maximum Gasteiger partial charge on any atom is 0.279 e. The van der Waals surface area contributed by atoms with E-state index >= 15 is 0 Å². The number of hydrogen-bond acceptors (Lipinski definition) is 2. The second-order valence-electron chi connectivity index (χ2n) is 8.51. The standard InChI is InChI=1S/C19H30ClN3O2/c1-18(2,3)13-19(4,5)22-17(25)12-23(6)11-16(24)21-15-10-8-7-9-14(15)20/h7-10H,11-13H2,1-6H3,(H,21,24)(H,22,25)/p+1. The van der Waals surface area contributed by atoms with Crippen molar-refractivity contribution < 1.29 is 14.5 Å². The van der Waals surface area contributed by atoms with E-state index in [0.717, 1.165) is 11.3 Å². The maximum atomic E-state index is 12.3. The van der Waals surface area contributed by atoms with E-state index in [1.54, 1.807) is 18.2 Å². The van der Waals surface area contributed by atoms with Gasteiger partial charge in [-0.2, -0.15) is 0 Å². The normalized spacial score (nSPS) is 13.2. The zero-order valence-electron chi connectivity index (χ0n) is 16.1. The van der Waals surface area contributed by atoms with Gasteiger partial charge in [-0.3, -0.25) is 9.59 Å². The fourth-order valence-corrected chi connectivity index (χ4v) is 3.34. The number of amides is 2. The van der Waals surface area contributed by atoms with Crippen molar-refractivity contribution in [3.8, 4) is 0 Å². The molecule has 0 fully saturated rings. The van der Waals surface area contributed by atoms with Gasteiger partial charge in [0, 0.05) is 5.54 Å². The first-order valence-electron chi connectivity index (χ1n) is 8.55. The van der Waals surface area contributed by atoms with Crippen LogP contribution >= 0.6 is 11.6 Å². The molecule has 25 heavy (non-hydrogen) atoms. The molecule has 1 aromatic carbocycles. The summed E-state index contributed by atoms with van der Waals surface area (Å²) >= 11 is 6.03. The Kier molecular flexibility index (Phi) is 7.44. The summed E-state index contributed by atoms with van der Waals surface area (Å²) in [6, 6.07) is 7.08. The predicted octanol–water partition coefficient (Wildman–Crippen LogP) is 2.12. The van der Waals surface area contributed by atoms with Gasteiger partial charge in [0.05, 0.1) is 17.8 Å². The Bertz CT molecular complexity index is 609. The largest absolute Gasteiger partial charge is 0.346 e. The lowest BCUT2D eigenvalue weighted by molar-refractivity contribution is -0.862. The van der Waals surface area contributed by atoms with Gasteiger partial charge in [-0.1, -0.05) is 44.5 Å². The third-order valence-electron chi connectivity index (χ3n) is 3.52. The Balaban J connectivity index is 2.47. The molecule has 3 N–H and O–H groups in total. The number of rotatable bonds is 7. The zero-order valence-corrected chi connectivity index (χ0v) is 16.9. The van der Waals surface area contributed by atoms with Crippen molar-refractivity contribution in [2.45, 2.75) is 46.6 Å². The smallest absolute Gasteiger partial charge is 0.279 e. The third-order valence-corrected chi connectivity index (χ3v) is 3.85. The number of carbonyl (C=O) groups excluding carboxylic acids is 2. The first-order valence-corrected chi connectivity index (χ1v) is 8.92. The van der Waals surface area contributed by atoms with E-state index in [4.69, 9.17) is 11.6 Å². The molecule has 0 aromatic heterocycles. The van der Waals surface area contributed by atoms with Crippen molar-refractivity contribution in [2.24, 2.45) is 5.41 Å². The topological polar surface area (TPSA) is 62.6 Å². The summed E-state index contributed by atoms with van der Waals surface area (Å²) in [7, 11) is 1.82. The van der Waals surface area contributed by atoms with Crippen LogP contribution in [0.2, 0.25) is 5.02 Å². The van der Waals surface area contributed by atoms with Crippen molar-refractivity contribution >= 4 is 29.1 Å². The predicted molar refractivity (Wildman–Crippen MR) is 103 cm³/mol. The van der Waals surface area contributed by atoms with Crippen LogP contribution in [0.4, 0.5) is 5.69 Å². The van der Waals surface area contributed by atoms with Crippen LogP contribution < -0.4 is 15.5 Å². The number of para-hydroxylation sites is 1. The second-order valence-corrected chi connectivity index (χ2v) is 8.92. The molecule has 140 valence electrons. The van der Waals surface area contributed by atoms with E-state index in [9.17, 15) is 9.59 Å². The Morgan fingerprint density at radius 1 is 1.04 bits per heavy atom. The van der Waals surface area contributed by atoms with Crippen LogP contribution in [-0.2, 0) is 9.59 Å². The van der Waals surface area contributed by atoms with Gasteiger partial charge in [0.15, 0.2) is 13.1 Å². The Labute approximate surface area is 156 Å². The number of carbonyl (C=O) groups is 2. The Morgan fingerprint density at radius 2 is 1.60 bits per heavy atom. The number of benzene rings is 1. The molecule has 0 saturated carbocycles. The van der Waals surface area contributed by atoms with E-state index in [2.05, 4.69) is 31.4 Å². The van der Waals surface area contributed by atoms with Crippen LogP contribution in [0.5, 0.6) is 0 Å². The highest BCUT2D eigenvalue weighted by Gasteiger charge is 2.28. The van der Waals surface area contributed by atoms with Gasteiger partial charge in [-0.25, -0.2) is 0 Å². The molecule has 0 spiro atoms. The molecule has 1 aromatic rings. The summed E-state index contributed by atoms with van der Waals surface area (Å²) in [5.41, 5.74) is 0.428. The SMILES string of the molecule is C[NH+](CC(=O)Nc1ccccc1Cl)CC(=O)NC(C)(C)CC(C)(C)C. The number of nitrogens with one attached hydrogen (secondary N) is 3. The molecular weight excluding hydrogens is 338 g/mol. The van der Waals surface area contributed by atoms with Gasteiger partial charge in [0.25, 0.3) is 11.8 Å². The molecule has 1 rings (SSSR count). The molecule has 0 aliphatic heterocycles. The highest BCUT2D eigenvalue weighted by molar-refractivity contribution is 6.33. The molecule has 2 amide bonds. The van der Waals surface area contributed by atoms with Gasteiger partial charge < -0.3 is 15.5 Å². The minimum absolute atomic E-state index is 0.0581. The van der Waals surface area contributed by atoms with Gasteiger partial charge in [0.1, 0.15) is 0 Å². The fraction of sp³-hybridized carbons (Fsp3) is 0.579. The van der Waals surface area contributed by atoms with Crippen molar-refractivity contribution in [3.63, 3.8) is 0 Å². The number of quaternary nitrogens is 1. The van der Waals surface area contributed by atoms with E-state index in [1.165, 1.54) is 0 Å². The number of halogens is 1. The molecule has 0 radical (unpaired) electrons. The molecule has 5 nitrogen and oxygen atoms in total. The van der Waals surface area contributed by atoms with E-state index < -0.39 is 0 Å². The van der Waals surface area contributed by atoms with Gasteiger partial charge in [-0.05, 0) is 37.8 Å². The average molecular weight is 369 g/mol. The van der Waals surface area contributed by atoms with E-state index in [1.807, 2.05) is 27.0 Å². The fourth-order valence-electron chi connectivity index (χ4n) is 3.16. The summed E-state index contributed by atoms with van der Waals surface area (Å²) in [4.78, 5) is 25.2. The van der Waals surface area contributed by atoms with Gasteiger partial charge in [-0.15, -0.1) is 0 Å². The number of hydrogen-bond donors (Lipinski definition) is 3. The lowest BCUT2D eigenvalue weighted by atomic mass is 9.82. The Morgan fingerprint density at radius 3 is 2.16 bits per heavy atom. The van der Waals surface area contributed by atoms with Crippen LogP contribution in [0.25, 0.3) is 0 Å². The van der Waals surface area contributed by atoms with Crippen molar-refractivity contribution in [1.29, 1.82) is 0 Å². The van der Waals surface area contributed by atoms with Crippen LogP contribution in [0.3, 0.4) is 0 Å². The van der Waals surface area contributed by atoms with Crippen LogP contribution in [-0.4, -0.2) is 37.5 Å². The molecule has 6 heteroatoms. The molecule has 0 aliphatic rings. The first kappa shape index (κ1) is 21.5. The first-order chi connectivity index (χ1) is 11.4. The Hall–Kier alpha value is -1.59. The zero-order chi connectivity index (χ0) is 19.3. The quantitative estimate of drug-likeness (QED) is 0.690. The number of likely N-dealkylation sites (N-methyl/N-ethyl adjacent to an activating group) is 1. The molecule has 1 unspecified atom stereocenters. The van der Waals surface area contributed by atoms with E-state index in [0.29, 0.717) is 10.7 Å². The minimum atomic E-state index is -0.282. The van der Waals surface area contributed by atoms with Crippen molar-refractivity contribution in [3.05, 3.63) is 29.3 Å². The van der Waals surface area contributed by atoms with Gasteiger partial charge in [0.2, 0.25) is 0 Å². The summed E-state index contributed by atoms with van der Waals surface area (Å²) in [6.07, 6.45) is 0.873. The molecule has 1 atom stereocenters. The monoisotopic (exact) mass is 368 g/mol. The van der Waals surface area contributed by atoms with Crippen LogP contribution in [0.1, 0.15) is 41.0 Å². The number of anilines is 1. The lowest BCUT2D eigenvalue weighted by Gasteiger charge is -2.33. The van der Waals surface area contributed by atoms with Gasteiger partial charge >= 0.3 is 0 Å². The molecule has 0 bridgehead atoms. The third kappa shape index (κ3) is 8.89. The van der Waals surface area contributed by atoms with Crippen molar-refractivity contribution in [2.75, 3.05) is 25.5 Å². The molecule has 0 aliphatic carbocycles. The molecule has 0 heterocycles. The maximum absolute atomic E-state index is 12.3. The molecular formula is C19H31ClN3O2+. The summed E-state index contributed by atoms with van der Waals surface area (Å²) < 4.78 is 0. The highest BCUT2D eigenvalue weighted by Crippen LogP contribution is 2.26. The minimum Gasteiger partial charge on any atom is -0.346 e. The van der Waals surface area contributed by atoms with Crippen LogP contribution in [0.15, 0.2) is 24.3 Å². The summed E-state index contributed by atoms with van der Waals surface area (Å²) in [6.45, 7) is 10.9.